The molecule has 8 heteroatoms. The molecule has 0 saturated carbocycles. The zero-order valence-corrected chi connectivity index (χ0v) is 20.5. The first kappa shape index (κ1) is 25.6. The molecule has 1 aliphatic rings. The zero-order chi connectivity index (χ0) is 25.7. The number of rotatable bonds is 7. The lowest BCUT2D eigenvalue weighted by Crippen LogP contribution is -2.50. The van der Waals surface area contributed by atoms with Gasteiger partial charge in [0, 0.05) is 58.2 Å². The van der Waals surface area contributed by atoms with Crippen molar-refractivity contribution in [2.75, 3.05) is 56.6 Å². The summed E-state index contributed by atoms with van der Waals surface area (Å²) in [7, 11) is 3.93. The van der Waals surface area contributed by atoms with E-state index < -0.39 is 17.6 Å². The van der Waals surface area contributed by atoms with Crippen LogP contribution in [0.25, 0.3) is 0 Å². The predicted molar refractivity (Wildman–Crippen MR) is 138 cm³/mol. The number of alkyl halides is 3. The van der Waals surface area contributed by atoms with E-state index in [1.54, 1.807) is 0 Å². The van der Waals surface area contributed by atoms with Gasteiger partial charge in [-0.2, -0.15) is 13.2 Å². The third-order valence-corrected chi connectivity index (χ3v) is 6.60. The molecule has 1 saturated heterocycles. The van der Waals surface area contributed by atoms with Crippen LogP contribution >= 0.6 is 0 Å². The van der Waals surface area contributed by atoms with Crippen molar-refractivity contribution in [1.29, 1.82) is 0 Å². The molecular formula is C28H31F3N4O. The number of halogens is 3. The van der Waals surface area contributed by atoms with E-state index in [9.17, 15) is 18.0 Å². The highest BCUT2D eigenvalue weighted by Gasteiger charge is 2.35. The Hall–Kier alpha value is -3.52. The van der Waals surface area contributed by atoms with Crippen molar-refractivity contribution in [1.82, 2.24) is 10.2 Å². The molecule has 0 radical (unpaired) electrons. The maximum atomic E-state index is 13.4. The average Bonchev–Trinajstić information content (AvgIpc) is 2.89. The fourth-order valence-electron chi connectivity index (χ4n) is 4.60. The van der Waals surface area contributed by atoms with Crippen LogP contribution in [0.4, 0.5) is 24.5 Å². The van der Waals surface area contributed by atoms with Gasteiger partial charge in [0.1, 0.15) is 0 Å². The number of piperazine rings is 1. The molecule has 36 heavy (non-hydrogen) atoms. The molecule has 1 fully saturated rings. The van der Waals surface area contributed by atoms with E-state index in [0.29, 0.717) is 0 Å². The number of benzene rings is 3. The van der Waals surface area contributed by atoms with E-state index in [0.717, 1.165) is 43.5 Å². The van der Waals surface area contributed by atoms with Crippen molar-refractivity contribution >= 4 is 17.3 Å². The monoisotopic (exact) mass is 496 g/mol. The minimum atomic E-state index is -4.59. The Morgan fingerprint density at radius 1 is 0.889 bits per heavy atom. The normalized spacial score (nSPS) is 15.4. The average molecular weight is 497 g/mol. The van der Waals surface area contributed by atoms with Crippen LogP contribution in [0.5, 0.6) is 0 Å². The highest BCUT2D eigenvalue weighted by atomic mass is 19.4. The number of carbonyl (C=O) groups is 1. The molecule has 0 spiro atoms. The summed E-state index contributed by atoms with van der Waals surface area (Å²) >= 11 is 0. The van der Waals surface area contributed by atoms with Crippen molar-refractivity contribution in [2.45, 2.75) is 12.2 Å². The molecule has 1 amide bonds. The molecule has 1 N–H and O–H groups in total. The van der Waals surface area contributed by atoms with Crippen LogP contribution in [0, 0.1) is 0 Å². The van der Waals surface area contributed by atoms with E-state index >= 15 is 0 Å². The van der Waals surface area contributed by atoms with Gasteiger partial charge in [-0.05, 0) is 42.0 Å². The number of para-hydroxylation sites is 1. The first-order chi connectivity index (χ1) is 17.2. The largest absolute Gasteiger partial charge is 0.417 e. The van der Waals surface area contributed by atoms with E-state index in [1.807, 2.05) is 61.5 Å². The molecule has 0 bridgehead atoms. The first-order valence-corrected chi connectivity index (χ1v) is 12.0. The summed E-state index contributed by atoms with van der Waals surface area (Å²) in [5.74, 6) is -0.722. The molecule has 0 aromatic heterocycles. The van der Waals surface area contributed by atoms with E-state index in [-0.39, 0.29) is 18.2 Å². The summed E-state index contributed by atoms with van der Waals surface area (Å²) in [6.45, 7) is 3.38. The standard InChI is InChI=1S/C28H31F3N4O/c1-33(2)22-14-12-21(13-15-22)26(35-18-16-34(17-19-35)23-8-4-3-5-9-23)20-32-27(36)24-10-6-7-11-25(24)28(29,30)31/h3-15,26H,16-20H2,1-2H3,(H,32,36)/t26-/m1/s1. The summed E-state index contributed by atoms with van der Waals surface area (Å²) in [4.78, 5) is 19.5. The van der Waals surface area contributed by atoms with Crippen LogP contribution in [0.1, 0.15) is 27.5 Å². The van der Waals surface area contributed by atoms with Gasteiger partial charge in [0.05, 0.1) is 17.2 Å². The van der Waals surface area contributed by atoms with Crippen LogP contribution < -0.4 is 15.1 Å². The molecule has 1 atom stereocenters. The molecule has 0 unspecified atom stereocenters. The number of nitrogens with zero attached hydrogens (tertiary/aromatic N) is 3. The SMILES string of the molecule is CN(C)c1ccc([C@@H](CNC(=O)c2ccccc2C(F)(F)F)N2CCN(c3ccccc3)CC2)cc1. The lowest BCUT2D eigenvalue weighted by Gasteiger charge is -2.40. The summed E-state index contributed by atoms with van der Waals surface area (Å²) in [6, 6.07) is 23.0. The van der Waals surface area contributed by atoms with E-state index in [2.05, 4.69) is 27.2 Å². The van der Waals surface area contributed by atoms with Crippen molar-refractivity contribution in [3.05, 3.63) is 95.6 Å². The highest BCUT2D eigenvalue weighted by Crippen LogP contribution is 2.32. The van der Waals surface area contributed by atoms with Gasteiger partial charge in [-0.25, -0.2) is 0 Å². The number of nitrogens with one attached hydrogen (secondary N) is 1. The maximum Gasteiger partial charge on any atom is 0.417 e. The minimum absolute atomic E-state index is 0.166. The zero-order valence-electron chi connectivity index (χ0n) is 20.5. The molecular weight excluding hydrogens is 465 g/mol. The van der Waals surface area contributed by atoms with Gasteiger partial charge in [0.25, 0.3) is 5.91 Å². The van der Waals surface area contributed by atoms with Crippen molar-refractivity contribution in [3.8, 4) is 0 Å². The molecule has 4 rings (SSSR count). The van der Waals surface area contributed by atoms with Crippen LogP contribution in [0.2, 0.25) is 0 Å². The number of hydrogen-bond donors (Lipinski definition) is 1. The number of amides is 1. The van der Waals surface area contributed by atoms with Gasteiger partial charge in [-0.15, -0.1) is 0 Å². The molecule has 5 nitrogen and oxygen atoms in total. The van der Waals surface area contributed by atoms with Crippen molar-refractivity contribution < 1.29 is 18.0 Å². The van der Waals surface area contributed by atoms with Crippen LogP contribution in [-0.2, 0) is 6.18 Å². The van der Waals surface area contributed by atoms with Gasteiger partial charge in [-0.3, -0.25) is 9.69 Å². The maximum absolute atomic E-state index is 13.4. The second-order valence-corrected chi connectivity index (χ2v) is 9.11. The molecule has 3 aromatic rings. The lowest BCUT2D eigenvalue weighted by molar-refractivity contribution is -0.137. The van der Waals surface area contributed by atoms with Crippen LogP contribution in [-0.4, -0.2) is 57.6 Å². The topological polar surface area (TPSA) is 38.8 Å². The number of carbonyl (C=O) groups excluding carboxylic acids is 1. The second-order valence-electron chi connectivity index (χ2n) is 9.11. The van der Waals surface area contributed by atoms with Gasteiger partial charge in [-0.1, -0.05) is 42.5 Å². The Bertz CT molecular complexity index is 1140. The molecule has 1 heterocycles. The fraction of sp³-hybridized carbons (Fsp3) is 0.321. The predicted octanol–water partition coefficient (Wildman–Crippen LogP) is 5.06. The lowest BCUT2D eigenvalue weighted by atomic mass is 10.0. The summed E-state index contributed by atoms with van der Waals surface area (Å²) in [5.41, 5.74) is 1.94. The van der Waals surface area contributed by atoms with Gasteiger partial charge in [0.2, 0.25) is 0 Å². The van der Waals surface area contributed by atoms with Crippen molar-refractivity contribution in [3.63, 3.8) is 0 Å². The number of anilines is 2. The number of hydrogen-bond acceptors (Lipinski definition) is 4. The smallest absolute Gasteiger partial charge is 0.378 e. The minimum Gasteiger partial charge on any atom is -0.378 e. The quantitative estimate of drug-likeness (QED) is 0.496. The molecule has 3 aromatic carbocycles. The molecule has 1 aliphatic heterocycles. The Labute approximate surface area is 210 Å². The van der Waals surface area contributed by atoms with E-state index in [4.69, 9.17) is 0 Å². The van der Waals surface area contributed by atoms with Gasteiger partial charge in [0.15, 0.2) is 0 Å². The molecule has 190 valence electrons. The van der Waals surface area contributed by atoms with Crippen LogP contribution in [0.3, 0.4) is 0 Å². The summed E-state index contributed by atoms with van der Waals surface area (Å²) in [5, 5.41) is 2.78. The summed E-state index contributed by atoms with van der Waals surface area (Å²) in [6.07, 6.45) is -4.59. The Morgan fingerprint density at radius 3 is 2.11 bits per heavy atom. The van der Waals surface area contributed by atoms with E-state index in [1.165, 1.54) is 23.9 Å². The first-order valence-electron chi connectivity index (χ1n) is 12.0. The third kappa shape index (κ3) is 5.99. The third-order valence-electron chi connectivity index (χ3n) is 6.60. The summed E-state index contributed by atoms with van der Waals surface area (Å²) < 4.78 is 40.3. The van der Waals surface area contributed by atoms with Crippen molar-refractivity contribution in [2.24, 2.45) is 0 Å². The van der Waals surface area contributed by atoms with Gasteiger partial charge >= 0.3 is 6.18 Å². The fourth-order valence-corrected chi connectivity index (χ4v) is 4.60. The Morgan fingerprint density at radius 2 is 1.50 bits per heavy atom. The van der Waals surface area contributed by atoms with Crippen LogP contribution in [0.15, 0.2) is 78.9 Å². The Balaban J connectivity index is 1.52. The highest BCUT2D eigenvalue weighted by molar-refractivity contribution is 5.95. The Kier molecular flexibility index (Phi) is 7.84. The van der Waals surface area contributed by atoms with Gasteiger partial charge < -0.3 is 15.1 Å². The molecule has 0 aliphatic carbocycles. The second kappa shape index (κ2) is 11.0.